The van der Waals surface area contributed by atoms with Crippen molar-refractivity contribution in [3.63, 3.8) is 0 Å². The number of rotatable bonds is 8. The largest absolute Gasteiger partial charge is 0.465 e. The van der Waals surface area contributed by atoms with E-state index in [1.54, 1.807) is 54.4 Å². The van der Waals surface area contributed by atoms with Gasteiger partial charge in [-0.2, -0.15) is 0 Å². The molecule has 44 heavy (non-hydrogen) atoms. The summed E-state index contributed by atoms with van der Waals surface area (Å²) in [6, 6.07) is 17.4. The third kappa shape index (κ3) is 8.09. The molecule has 10 heteroatoms. The summed E-state index contributed by atoms with van der Waals surface area (Å²) in [6.45, 7) is 6.89. The monoisotopic (exact) mass is 622 g/mol. The molecule has 0 aliphatic heterocycles. The standard InChI is InChI=1S/C34H39ClN2O7/c1-21(38)36(5)30-15-14-28(19-29(30)32(40)42-6)43-27-13-11-22-10-12-26(17-24(22)18-27)37(33(41)44-34(2,3)4)20-31(39)23-8-7-9-25(35)16-23/h7-9,11,13-16,18-19,26,31,39H,10,12,17,20H2,1-6H3/t26-,31+/m0/s1. The summed E-state index contributed by atoms with van der Waals surface area (Å²) in [5.74, 6) is 0.136. The number of carbonyl (C=O) groups excluding carboxylic acids is 3. The van der Waals surface area contributed by atoms with E-state index in [4.69, 9.17) is 25.8 Å². The first kappa shape index (κ1) is 32.8. The number of halogens is 1. The summed E-state index contributed by atoms with van der Waals surface area (Å²) in [5.41, 5.74) is 2.67. The van der Waals surface area contributed by atoms with Crippen LogP contribution in [0.4, 0.5) is 10.5 Å². The molecule has 0 saturated carbocycles. The van der Waals surface area contributed by atoms with E-state index >= 15 is 0 Å². The number of carbonyl (C=O) groups is 3. The summed E-state index contributed by atoms with van der Waals surface area (Å²) in [5, 5.41) is 11.6. The number of hydrogen-bond donors (Lipinski definition) is 1. The minimum atomic E-state index is -0.952. The highest BCUT2D eigenvalue weighted by Crippen LogP contribution is 2.33. The Balaban J connectivity index is 1.58. The van der Waals surface area contributed by atoms with E-state index < -0.39 is 23.8 Å². The average Bonchev–Trinajstić information content (AvgIpc) is 2.97. The Labute approximate surface area is 263 Å². The Morgan fingerprint density at radius 2 is 1.73 bits per heavy atom. The fraction of sp³-hybridized carbons (Fsp3) is 0.382. The van der Waals surface area contributed by atoms with Crippen molar-refractivity contribution in [1.29, 1.82) is 0 Å². The van der Waals surface area contributed by atoms with Crippen molar-refractivity contribution in [1.82, 2.24) is 4.90 Å². The lowest BCUT2D eigenvalue weighted by molar-refractivity contribution is -0.116. The van der Waals surface area contributed by atoms with Gasteiger partial charge in [0.1, 0.15) is 17.1 Å². The molecule has 2 amide bonds. The van der Waals surface area contributed by atoms with Gasteiger partial charge in [-0.3, -0.25) is 4.79 Å². The van der Waals surface area contributed by atoms with Crippen molar-refractivity contribution in [2.45, 2.75) is 64.7 Å². The van der Waals surface area contributed by atoms with Gasteiger partial charge in [-0.05, 0) is 99.2 Å². The summed E-state index contributed by atoms with van der Waals surface area (Å²) in [6.07, 6.45) is 0.508. The smallest absolute Gasteiger partial charge is 0.410 e. The van der Waals surface area contributed by atoms with Crippen molar-refractivity contribution < 1.29 is 33.7 Å². The highest BCUT2D eigenvalue weighted by atomic mass is 35.5. The van der Waals surface area contributed by atoms with Gasteiger partial charge in [0, 0.05) is 25.0 Å². The fourth-order valence-corrected chi connectivity index (χ4v) is 5.39. The maximum absolute atomic E-state index is 13.4. The zero-order chi connectivity index (χ0) is 32.2. The number of amides is 2. The number of benzene rings is 3. The van der Waals surface area contributed by atoms with Gasteiger partial charge in [0.15, 0.2) is 0 Å². The molecule has 0 bridgehead atoms. The van der Waals surface area contributed by atoms with Crippen molar-refractivity contribution in [2.75, 3.05) is 25.6 Å². The van der Waals surface area contributed by atoms with Crippen LogP contribution < -0.4 is 9.64 Å². The zero-order valence-electron chi connectivity index (χ0n) is 25.9. The molecule has 0 saturated heterocycles. The summed E-state index contributed by atoms with van der Waals surface area (Å²) in [4.78, 5) is 40.8. The molecule has 0 heterocycles. The second-order valence-corrected chi connectivity index (χ2v) is 12.3. The van der Waals surface area contributed by atoms with Crippen molar-refractivity contribution >= 4 is 35.3 Å². The Hall–Kier alpha value is -4.08. The van der Waals surface area contributed by atoms with Crippen molar-refractivity contribution in [3.8, 4) is 11.5 Å². The average molecular weight is 623 g/mol. The number of aliphatic hydroxyl groups excluding tert-OH is 1. The third-order valence-corrected chi connectivity index (χ3v) is 7.73. The number of methoxy groups -OCH3 is 1. The van der Waals surface area contributed by atoms with Gasteiger partial charge in [-0.15, -0.1) is 0 Å². The molecule has 0 radical (unpaired) electrons. The minimum Gasteiger partial charge on any atom is -0.465 e. The van der Waals surface area contributed by atoms with E-state index in [9.17, 15) is 19.5 Å². The van der Waals surface area contributed by atoms with Crippen LogP contribution >= 0.6 is 11.6 Å². The topological polar surface area (TPSA) is 106 Å². The Morgan fingerprint density at radius 3 is 2.39 bits per heavy atom. The van der Waals surface area contributed by atoms with Gasteiger partial charge in [0.2, 0.25) is 5.91 Å². The maximum Gasteiger partial charge on any atom is 0.410 e. The molecule has 0 spiro atoms. The van der Waals surface area contributed by atoms with Gasteiger partial charge in [0.05, 0.1) is 31.0 Å². The predicted molar refractivity (Wildman–Crippen MR) is 169 cm³/mol. The van der Waals surface area contributed by atoms with Crippen LogP contribution in [-0.2, 0) is 27.1 Å². The third-order valence-electron chi connectivity index (χ3n) is 7.49. The van der Waals surface area contributed by atoms with Crippen LogP contribution in [0.2, 0.25) is 5.02 Å². The minimum absolute atomic E-state index is 0.0445. The second-order valence-electron chi connectivity index (χ2n) is 11.9. The van der Waals surface area contributed by atoms with E-state index in [0.29, 0.717) is 40.6 Å². The molecule has 1 aliphatic carbocycles. The first-order valence-electron chi connectivity index (χ1n) is 14.4. The van der Waals surface area contributed by atoms with Crippen LogP contribution in [0, 0.1) is 0 Å². The number of esters is 1. The van der Waals surface area contributed by atoms with Crippen LogP contribution in [0.15, 0.2) is 60.7 Å². The summed E-state index contributed by atoms with van der Waals surface area (Å²) in [7, 11) is 2.86. The first-order chi connectivity index (χ1) is 20.8. The van der Waals surface area contributed by atoms with Gasteiger partial charge in [-0.1, -0.05) is 29.8 Å². The Morgan fingerprint density at radius 1 is 1.02 bits per heavy atom. The number of nitrogens with zero attached hydrogens (tertiary/aromatic N) is 2. The molecule has 0 aromatic heterocycles. The summed E-state index contributed by atoms with van der Waals surface area (Å²) >= 11 is 6.15. The normalized spacial score (nSPS) is 15.0. The molecule has 3 aromatic carbocycles. The van der Waals surface area contributed by atoms with E-state index in [2.05, 4.69) is 0 Å². The maximum atomic E-state index is 13.4. The highest BCUT2D eigenvalue weighted by Gasteiger charge is 2.33. The van der Waals surface area contributed by atoms with Crippen molar-refractivity contribution in [2.24, 2.45) is 0 Å². The summed E-state index contributed by atoms with van der Waals surface area (Å²) < 4.78 is 16.8. The predicted octanol–water partition coefficient (Wildman–Crippen LogP) is 6.73. The molecular formula is C34H39ClN2O7. The Bertz CT molecular complexity index is 1530. The number of anilines is 1. The van der Waals surface area contributed by atoms with E-state index in [1.807, 2.05) is 39.0 Å². The van der Waals surface area contributed by atoms with E-state index in [1.165, 1.54) is 18.9 Å². The lowest BCUT2D eigenvalue weighted by Crippen LogP contribution is -2.47. The molecule has 1 N–H and O–H groups in total. The van der Waals surface area contributed by atoms with Gasteiger partial charge in [-0.25, -0.2) is 9.59 Å². The first-order valence-corrected chi connectivity index (χ1v) is 14.8. The fourth-order valence-electron chi connectivity index (χ4n) is 5.19. The van der Waals surface area contributed by atoms with Crippen LogP contribution in [0.1, 0.15) is 67.3 Å². The van der Waals surface area contributed by atoms with Crippen LogP contribution in [0.3, 0.4) is 0 Å². The van der Waals surface area contributed by atoms with Crippen molar-refractivity contribution in [3.05, 3.63) is 87.9 Å². The highest BCUT2D eigenvalue weighted by molar-refractivity contribution is 6.30. The number of aryl methyl sites for hydroxylation is 1. The molecule has 9 nitrogen and oxygen atoms in total. The number of fused-ring (bicyclic) bond motifs is 1. The molecule has 1 aliphatic rings. The second kappa shape index (κ2) is 13.7. The molecule has 2 atom stereocenters. The van der Waals surface area contributed by atoms with E-state index in [0.717, 1.165) is 17.5 Å². The van der Waals surface area contributed by atoms with Crippen LogP contribution in [-0.4, -0.2) is 60.3 Å². The Kier molecular flexibility index (Phi) is 10.2. The lowest BCUT2D eigenvalue weighted by Gasteiger charge is -2.37. The molecule has 0 fully saturated rings. The quantitative estimate of drug-likeness (QED) is 0.278. The zero-order valence-corrected chi connectivity index (χ0v) is 26.7. The van der Waals surface area contributed by atoms with E-state index in [-0.39, 0.29) is 24.1 Å². The van der Waals surface area contributed by atoms with Gasteiger partial charge < -0.3 is 29.1 Å². The molecule has 234 valence electrons. The number of aliphatic hydroxyl groups is 1. The number of ether oxygens (including phenoxy) is 3. The molecule has 3 aromatic rings. The molecule has 0 unspecified atom stereocenters. The van der Waals surface area contributed by atoms with Crippen LogP contribution in [0.5, 0.6) is 11.5 Å². The SMILES string of the molecule is COC(=O)c1cc(Oc2ccc3c(c2)C[C@@H](N(C[C@@H](O)c2cccc(Cl)c2)C(=O)OC(C)(C)C)CC3)ccc1N(C)C(C)=O. The van der Waals surface area contributed by atoms with Gasteiger partial charge >= 0.3 is 12.1 Å². The lowest BCUT2D eigenvalue weighted by atomic mass is 9.87. The van der Waals surface area contributed by atoms with Gasteiger partial charge in [0.25, 0.3) is 0 Å². The molecular weight excluding hydrogens is 584 g/mol. The number of hydrogen-bond acceptors (Lipinski definition) is 7. The van der Waals surface area contributed by atoms with Crippen LogP contribution in [0.25, 0.3) is 0 Å². The molecule has 4 rings (SSSR count).